The normalized spacial score (nSPS) is 24.2. The zero-order valence-electron chi connectivity index (χ0n) is 18.7. The lowest BCUT2D eigenvalue weighted by Gasteiger charge is -2.47. The van der Waals surface area contributed by atoms with Crippen molar-refractivity contribution in [3.8, 4) is 0 Å². The van der Waals surface area contributed by atoms with Gasteiger partial charge in [-0.3, -0.25) is 14.5 Å². The number of likely N-dealkylation sites (tertiary alicyclic amines) is 1. The van der Waals surface area contributed by atoms with Crippen LogP contribution in [-0.2, 0) is 14.1 Å². The maximum atomic E-state index is 12.7. The van der Waals surface area contributed by atoms with Crippen molar-refractivity contribution in [1.82, 2.24) is 9.96 Å². The lowest BCUT2D eigenvalue weighted by atomic mass is 9.69. The molecule has 8 heteroatoms. The van der Waals surface area contributed by atoms with Crippen molar-refractivity contribution >= 4 is 20.3 Å². The topological polar surface area (TPSA) is 79.3 Å². The molecule has 0 saturated carbocycles. The van der Waals surface area contributed by atoms with Crippen LogP contribution in [0.2, 0.25) is 18.1 Å². The molecule has 1 aliphatic heterocycles. The van der Waals surface area contributed by atoms with Gasteiger partial charge in [0.05, 0.1) is 25.2 Å². The van der Waals surface area contributed by atoms with E-state index in [2.05, 4.69) is 33.9 Å². The first-order valence-corrected chi connectivity index (χ1v) is 12.4. The molecule has 0 radical (unpaired) electrons. The molecule has 0 aliphatic carbocycles. The third kappa shape index (κ3) is 4.84. The van der Waals surface area contributed by atoms with Crippen molar-refractivity contribution in [3.05, 3.63) is 0 Å². The fourth-order valence-electron chi connectivity index (χ4n) is 3.47. The number of nitrogens with zero attached hydrogens (tertiary/aromatic N) is 2. The van der Waals surface area contributed by atoms with Crippen LogP contribution in [0.5, 0.6) is 0 Å². The van der Waals surface area contributed by atoms with Crippen LogP contribution in [-0.4, -0.2) is 67.7 Å². The van der Waals surface area contributed by atoms with Crippen LogP contribution in [0.4, 0.5) is 4.79 Å². The first-order chi connectivity index (χ1) is 12.0. The smallest absolute Gasteiger partial charge is 0.407 e. The minimum Gasteiger partial charge on any atom is -0.465 e. The molecule has 0 aromatic carbocycles. The van der Waals surface area contributed by atoms with Gasteiger partial charge < -0.3 is 9.53 Å². The highest BCUT2D eigenvalue weighted by Gasteiger charge is 2.57. The summed E-state index contributed by atoms with van der Waals surface area (Å²) >= 11 is 0. The Morgan fingerprint density at radius 3 is 2.11 bits per heavy atom. The van der Waals surface area contributed by atoms with Gasteiger partial charge in [0.2, 0.25) is 5.91 Å². The molecule has 1 aliphatic rings. The second-order valence-electron chi connectivity index (χ2n) is 10.1. The fourth-order valence-corrected chi connectivity index (χ4v) is 4.82. The minimum absolute atomic E-state index is 0.0279. The molecule has 2 amide bonds. The number of hydrogen-bond acceptors (Lipinski definition) is 4. The summed E-state index contributed by atoms with van der Waals surface area (Å²) in [5.74, 6) is -0.244. The summed E-state index contributed by atoms with van der Waals surface area (Å²) in [6.45, 7) is 17.1. The molecular formula is C19H38N2O5Si. The number of rotatable bonds is 5. The van der Waals surface area contributed by atoms with E-state index < -0.39 is 25.4 Å². The van der Waals surface area contributed by atoms with E-state index in [-0.39, 0.29) is 30.0 Å². The maximum Gasteiger partial charge on any atom is 0.407 e. The monoisotopic (exact) mass is 402 g/mol. The molecular weight excluding hydrogens is 364 g/mol. The Hall–Kier alpha value is -1.12. The molecule has 1 rings (SSSR count). The van der Waals surface area contributed by atoms with Gasteiger partial charge in [-0.25, -0.2) is 9.86 Å². The molecule has 27 heavy (non-hydrogen) atoms. The molecule has 1 N–H and O–H groups in total. The molecule has 0 aromatic rings. The Bertz CT molecular complexity index is 567. The van der Waals surface area contributed by atoms with Gasteiger partial charge in [-0.2, -0.15) is 0 Å². The summed E-state index contributed by atoms with van der Waals surface area (Å²) in [6, 6.07) is 0. The first kappa shape index (κ1) is 23.9. The second-order valence-corrected chi connectivity index (χ2v) is 14.9. The molecule has 1 saturated heterocycles. The highest BCUT2D eigenvalue weighted by molar-refractivity contribution is 6.74. The van der Waals surface area contributed by atoms with E-state index >= 15 is 0 Å². The minimum atomic E-state index is -2.06. The van der Waals surface area contributed by atoms with Crippen molar-refractivity contribution < 1.29 is 24.0 Å². The number of carboxylic acid groups (broad SMARTS) is 1. The average Bonchev–Trinajstić information content (AvgIpc) is 2.83. The van der Waals surface area contributed by atoms with Crippen LogP contribution in [0.15, 0.2) is 0 Å². The number of amides is 2. The Kier molecular flexibility index (Phi) is 6.83. The van der Waals surface area contributed by atoms with Gasteiger partial charge in [-0.15, -0.1) is 0 Å². The summed E-state index contributed by atoms with van der Waals surface area (Å²) < 4.78 is 6.54. The summed E-state index contributed by atoms with van der Waals surface area (Å²) in [5, 5.41) is 11.1. The van der Waals surface area contributed by atoms with Crippen molar-refractivity contribution in [3.63, 3.8) is 0 Å². The molecule has 0 bridgehead atoms. The second kappa shape index (κ2) is 7.71. The highest BCUT2D eigenvalue weighted by atomic mass is 28.4. The van der Waals surface area contributed by atoms with Gasteiger partial charge >= 0.3 is 6.09 Å². The van der Waals surface area contributed by atoms with Crippen LogP contribution in [0, 0.1) is 5.41 Å². The van der Waals surface area contributed by atoms with E-state index in [9.17, 15) is 14.7 Å². The van der Waals surface area contributed by atoms with E-state index in [1.807, 2.05) is 20.8 Å². The third-order valence-corrected chi connectivity index (χ3v) is 11.0. The number of hydroxylamine groups is 2. The van der Waals surface area contributed by atoms with Crippen molar-refractivity contribution in [2.75, 3.05) is 20.7 Å². The molecule has 1 fully saturated rings. The van der Waals surface area contributed by atoms with Crippen molar-refractivity contribution in [1.29, 1.82) is 0 Å². The van der Waals surface area contributed by atoms with Crippen LogP contribution >= 0.6 is 0 Å². The van der Waals surface area contributed by atoms with Gasteiger partial charge in [-0.05, 0) is 30.0 Å². The van der Waals surface area contributed by atoms with Crippen molar-refractivity contribution in [2.24, 2.45) is 5.41 Å². The van der Waals surface area contributed by atoms with Crippen LogP contribution in [0.25, 0.3) is 0 Å². The summed E-state index contributed by atoms with van der Waals surface area (Å²) in [5.41, 5.74) is -1.29. The first-order valence-electron chi connectivity index (χ1n) is 9.47. The van der Waals surface area contributed by atoms with Gasteiger partial charge in [0, 0.05) is 13.6 Å². The Labute approximate surface area is 165 Å². The molecule has 0 aromatic heterocycles. The van der Waals surface area contributed by atoms with Crippen molar-refractivity contribution in [2.45, 2.75) is 84.2 Å². The summed E-state index contributed by atoms with van der Waals surface area (Å²) in [4.78, 5) is 31.2. The van der Waals surface area contributed by atoms with E-state index in [4.69, 9.17) is 9.26 Å². The van der Waals surface area contributed by atoms with Gasteiger partial charge in [-0.1, -0.05) is 41.5 Å². The fraction of sp³-hybridized carbons (Fsp3) is 0.895. The summed E-state index contributed by atoms with van der Waals surface area (Å²) in [6.07, 6.45) is -0.677. The standard InChI is InChI=1S/C19H38N2O5Si/c1-17(2,3)19(12-15(22)20(7)25-8)11-14(13-21(19)16(23)24)26-27(9,10)18(4,5)6/h14H,11-13H2,1-10H3,(H,23,24)/t14-,19+/m1/s1. The predicted molar refractivity (Wildman–Crippen MR) is 108 cm³/mol. The largest absolute Gasteiger partial charge is 0.465 e. The molecule has 0 spiro atoms. The molecule has 158 valence electrons. The Morgan fingerprint density at radius 1 is 1.22 bits per heavy atom. The summed E-state index contributed by atoms with van der Waals surface area (Å²) in [7, 11) is 0.905. The van der Waals surface area contributed by atoms with Crippen LogP contribution < -0.4 is 0 Å². The Balaban J connectivity index is 3.28. The molecule has 0 unspecified atom stereocenters. The zero-order valence-corrected chi connectivity index (χ0v) is 19.7. The molecule has 7 nitrogen and oxygen atoms in total. The van der Waals surface area contributed by atoms with E-state index in [0.29, 0.717) is 6.42 Å². The highest BCUT2D eigenvalue weighted by Crippen LogP contribution is 2.49. The van der Waals surface area contributed by atoms with E-state index in [0.717, 1.165) is 5.06 Å². The quantitative estimate of drug-likeness (QED) is 0.556. The number of carbonyl (C=O) groups is 2. The molecule has 1 heterocycles. The van der Waals surface area contributed by atoms with E-state index in [1.165, 1.54) is 12.0 Å². The lowest BCUT2D eigenvalue weighted by Crippen LogP contribution is -2.57. The predicted octanol–water partition coefficient (Wildman–Crippen LogP) is 3.96. The van der Waals surface area contributed by atoms with Gasteiger partial charge in [0.1, 0.15) is 0 Å². The SMILES string of the molecule is CON(C)C(=O)C[C@]1(C(C)(C)C)C[C@@H](O[Si](C)(C)C(C)(C)C)CN1C(=O)O. The number of hydrogen-bond donors (Lipinski definition) is 1. The maximum absolute atomic E-state index is 12.7. The van der Waals surface area contributed by atoms with Gasteiger partial charge in [0.15, 0.2) is 8.32 Å². The van der Waals surface area contributed by atoms with Crippen LogP contribution in [0.3, 0.4) is 0 Å². The van der Waals surface area contributed by atoms with E-state index in [1.54, 1.807) is 7.05 Å². The zero-order chi connectivity index (χ0) is 21.4. The van der Waals surface area contributed by atoms with Gasteiger partial charge in [0.25, 0.3) is 0 Å². The third-order valence-electron chi connectivity index (χ3n) is 6.43. The Morgan fingerprint density at radius 2 is 1.74 bits per heavy atom. The average molecular weight is 403 g/mol. The van der Waals surface area contributed by atoms with Crippen LogP contribution in [0.1, 0.15) is 54.4 Å². The number of carbonyl (C=O) groups excluding carboxylic acids is 1. The lowest BCUT2D eigenvalue weighted by molar-refractivity contribution is -0.173. The molecule has 2 atom stereocenters.